The monoisotopic (exact) mass is 532 g/mol. The number of hydrogen-bond donors (Lipinski definition) is 4. The zero-order chi connectivity index (χ0) is 28.5. The molecule has 0 unspecified atom stereocenters. The molecule has 214 valence electrons. The Balaban J connectivity index is 2.04. The highest BCUT2D eigenvalue weighted by Gasteiger charge is 2.35. The molecule has 1 aromatic carbocycles. The average molecular weight is 533 g/mol. The van der Waals surface area contributed by atoms with E-state index in [-0.39, 0.29) is 42.5 Å². The maximum Gasteiger partial charge on any atom is 0.407 e. The summed E-state index contributed by atoms with van der Waals surface area (Å²) in [6.45, 7) is 10.9. The number of aliphatic hydroxyl groups excluding tert-OH is 1. The molecule has 4 atom stereocenters. The van der Waals surface area contributed by atoms with E-state index in [9.17, 15) is 19.5 Å². The standard InChI is InChI=1S/C29H48N4O5/c1-7-8-13-31-27(36)22(19(2)3)15-25(34)23(30)16-29(4,5)17-26(35)33-18-21(32-28(37)38-6)14-20-11-9-10-12-24(20)33/h9-12,19,21-23,25,34H,7-8,13-18,30H2,1-6H3,(H,31,36)(H,32,37)/t21-,22-,23+,25+/m1/s1. The number of anilines is 1. The molecular weight excluding hydrogens is 484 g/mol. The third-order valence-corrected chi connectivity index (χ3v) is 7.34. The van der Waals surface area contributed by atoms with Crippen molar-refractivity contribution in [3.63, 3.8) is 0 Å². The largest absolute Gasteiger partial charge is 0.453 e. The summed E-state index contributed by atoms with van der Waals surface area (Å²) in [5.41, 5.74) is 7.76. The Kier molecular flexibility index (Phi) is 12.0. The highest BCUT2D eigenvalue weighted by atomic mass is 16.5. The molecule has 5 N–H and O–H groups in total. The van der Waals surface area contributed by atoms with Crippen molar-refractivity contribution in [1.29, 1.82) is 0 Å². The highest BCUT2D eigenvalue weighted by Crippen LogP contribution is 2.33. The number of unbranched alkanes of at least 4 members (excludes halogenated alkanes) is 1. The van der Waals surface area contributed by atoms with E-state index in [1.54, 1.807) is 4.90 Å². The van der Waals surface area contributed by atoms with Gasteiger partial charge in [-0.05, 0) is 48.6 Å². The lowest BCUT2D eigenvalue weighted by atomic mass is 9.78. The number of aliphatic hydroxyl groups is 1. The minimum Gasteiger partial charge on any atom is -0.453 e. The Labute approximate surface area is 227 Å². The van der Waals surface area contributed by atoms with Gasteiger partial charge in [-0.3, -0.25) is 9.59 Å². The zero-order valence-corrected chi connectivity index (χ0v) is 24.0. The van der Waals surface area contributed by atoms with Crippen molar-refractivity contribution in [2.75, 3.05) is 25.1 Å². The van der Waals surface area contributed by atoms with E-state index in [2.05, 4.69) is 17.6 Å². The summed E-state index contributed by atoms with van der Waals surface area (Å²) in [6, 6.07) is 6.85. The van der Waals surface area contributed by atoms with Gasteiger partial charge in [0.2, 0.25) is 11.8 Å². The number of carbonyl (C=O) groups excluding carboxylic acids is 3. The predicted molar refractivity (Wildman–Crippen MR) is 150 cm³/mol. The van der Waals surface area contributed by atoms with E-state index >= 15 is 0 Å². The number of methoxy groups -OCH3 is 1. The second-order valence-corrected chi connectivity index (χ2v) is 11.7. The van der Waals surface area contributed by atoms with Crippen LogP contribution in [0.3, 0.4) is 0 Å². The summed E-state index contributed by atoms with van der Waals surface area (Å²) in [6.07, 6.45) is 2.05. The molecule has 0 saturated heterocycles. The van der Waals surface area contributed by atoms with Gasteiger partial charge >= 0.3 is 6.09 Å². The van der Waals surface area contributed by atoms with Crippen molar-refractivity contribution in [1.82, 2.24) is 10.6 Å². The van der Waals surface area contributed by atoms with Gasteiger partial charge in [0, 0.05) is 37.2 Å². The van der Waals surface area contributed by atoms with Gasteiger partial charge in [0.15, 0.2) is 0 Å². The summed E-state index contributed by atoms with van der Waals surface area (Å²) in [5.74, 6) is -0.385. The number of fused-ring (bicyclic) bond motifs is 1. The molecule has 38 heavy (non-hydrogen) atoms. The molecule has 9 heteroatoms. The molecule has 1 aromatic rings. The molecule has 0 spiro atoms. The Hall–Kier alpha value is -2.65. The van der Waals surface area contributed by atoms with Gasteiger partial charge in [0.05, 0.1) is 19.3 Å². The van der Waals surface area contributed by atoms with Crippen LogP contribution in [0, 0.1) is 17.3 Å². The summed E-state index contributed by atoms with van der Waals surface area (Å²) >= 11 is 0. The van der Waals surface area contributed by atoms with E-state index in [0.717, 1.165) is 24.1 Å². The van der Waals surface area contributed by atoms with E-state index in [0.29, 0.717) is 25.9 Å². The number of ether oxygens (including phenoxy) is 1. The fourth-order valence-electron chi connectivity index (χ4n) is 5.14. The molecule has 0 aliphatic carbocycles. The van der Waals surface area contributed by atoms with E-state index < -0.39 is 23.7 Å². The minimum absolute atomic E-state index is 0.0481. The lowest BCUT2D eigenvalue weighted by molar-refractivity contribution is -0.127. The molecule has 1 aliphatic rings. The molecular formula is C29H48N4O5. The van der Waals surface area contributed by atoms with Crippen molar-refractivity contribution in [2.24, 2.45) is 23.0 Å². The van der Waals surface area contributed by atoms with Crippen molar-refractivity contribution in [2.45, 2.75) is 91.3 Å². The molecule has 1 heterocycles. The van der Waals surface area contributed by atoms with Crippen LogP contribution in [-0.2, 0) is 20.7 Å². The van der Waals surface area contributed by atoms with Gasteiger partial charge in [-0.1, -0.05) is 59.2 Å². The maximum atomic E-state index is 13.5. The fourth-order valence-corrected chi connectivity index (χ4v) is 5.14. The predicted octanol–water partition coefficient (Wildman–Crippen LogP) is 3.37. The fraction of sp³-hybridized carbons (Fsp3) is 0.690. The highest BCUT2D eigenvalue weighted by molar-refractivity contribution is 5.95. The Bertz CT molecular complexity index is 935. The molecule has 3 amide bonds. The Morgan fingerprint density at radius 1 is 1.24 bits per heavy atom. The molecule has 0 aromatic heterocycles. The van der Waals surface area contributed by atoms with Crippen molar-refractivity contribution in [3.05, 3.63) is 29.8 Å². The molecule has 0 fully saturated rings. The minimum atomic E-state index is -0.863. The van der Waals surface area contributed by atoms with Crippen LogP contribution < -0.4 is 21.3 Å². The number of nitrogens with two attached hydrogens (primary N) is 1. The zero-order valence-electron chi connectivity index (χ0n) is 24.0. The number of carbonyl (C=O) groups is 3. The summed E-state index contributed by atoms with van der Waals surface area (Å²) < 4.78 is 4.75. The summed E-state index contributed by atoms with van der Waals surface area (Å²) in [5, 5.41) is 16.7. The van der Waals surface area contributed by atoms with E-state index in [4.69, 9.17) is 10.5 Å². The number of amides is 3. The number of para-hydroxylation sites is 1. The average Bonchev–Trinajstić information content (AvgIpc) is 2.85. The first-order chi connectivity index (χ1) is 17.9. The smallest absolute Gasteiger partial charge is 0.407 e. The topological polar surface area (TPSA) is 134 Å². The molecule has 2 rings (SSSR count). The maximum absolute atomic E-state index is 13.5. The summed E-state index contributed by atoms with van der Waals surface area (Å²) in [7, 11) is 1.32. The van der Waals surface area contributed by atoms with Crippen molar-refractivity contribution in [3.8, 4) is 0 Å². The molecule has 0 radical (unpaired) electrons. The van der Waals surface area contributed by atoms with Gasteiger partial charge in [-0.25, -0.2) is 4.79 Å². The van der Waals surface area contributed by atoms with Crippen LogP contribution in [0.25, 0.3) is 0 Å². The van der Waals surface area contributed by atoms with Crippen molar-refractivity contribution >= 4 is 23.6 Å². The van der Waals surface area contributed by atoms with E-state index in [1.165, 1.54) is 7.11 Å². The van der Waals surface area contributed by atoms with Crippen LogP contribution in [-0.4, -0.2) is 61.4 Å². The Morgan fingerprint density at radius 3 is 2.55 bits per heavy atom. The third-order valence-electron chi connectivity index (χ3n) is 7.34. The number of rotatable bonds is 13. The molecule has 0 bridgehead atoms. The van der Waals surface area contributed by atoms with Gasteiger partial charge in [-0.15, -0.1) is 0 Å². The normalized spacial score (nSPS) is 17.8. The second-order valence-electron chi connectivity index (χ2n) is 11.7. The van der Waals surface area contributed by atoms with Gasteiger partial charge < -0.3 is 31.1 Å². The number of nitrogens with zero attached hydrogens (tertiary/aromatic N) is 1. The summed E-state index contributed by atoms with van der Waals surface area (Å²) in [4.78, 5) is 39.8. The molecule has 0 saturated carbocycles. The van der Waals surface area contributed by atoms with E-state index in [1.807, 2.05) is 52.0 Å². The van der Waals surface area contributed by atoms with Crippen LogP contribution in [0.5, 0.6) is 0 Å². The first-order valence-corrected chi connectivity index (χ1v) is 13.8. The Morgan fingerprint density at radius 2 is 1.92 bits per heavy atom. The lowest BCUT2D eigenvalue weighted by Crippen LogP contribution is -2.51. The number of alkyl carbamates (subject to hydrolysis) is 1. The first-order valence-electron chi connectivity index (χ1n) is 13.8. The third kappa shape index (κ3) is 9.27. The van der Waals surface area contributed by atoms with Gasteiger partial charge in [0.1, 0.15) is 0 Å². The SMILES string of the molecule is CCCCNC(=O)[C@H](C[C@H](O)[C@@H](N)CC(C)(C)CC(=O)N1C[C@H](NC(=O)OC)Cc2ccccc21)C(C)C. The van der Waals surface area contributed by atoms with Crippen LogP contribution in [0.1, 0.15) is 72.3 Å². The van der Waals surface area contributed by atoms with Crippen LogP contribution in [0.2, 0.25) is 0 Å². The quantitative estimate of drug-likeness (QED) is 0.288. The van der Waals surface area contributed by atoms with Crippen molar-refractivity contribution < 1.29 is 24.2 Å². The number of nitrogens with one attached hydrogen (secondary N) is 2. The second kappa shape index (κ2) is 14.5. The van der Waals surface area contributed by atoms with Crippen LogP contribution in [0.15, 0.2) is 24.3 Å². The van der Waals surface area contributed by atoms with Crippen LogP contribution >= 0.6 is 0 Å². The number of hydrogen-bond acceptors (Lipinski definition) is 6. The first kappa shape index (κ1) is 31.6. The van der Waals surface area contributed by atoms with Gasteiger partial charge in [-0.2, -0.15) is 0 Å². The number of benzene rings is 1. The molecule has 9 nitrogen and oxygen atoms in total. The molecule has 1 aliphatic heterocycles. The lowest BCUT2D eigenvalue weighted by Gasteiger charge is -2.37. The van der Waals surface area contributed by atoms with Gasteiger partial charge in [0.25, 0.3) is 0 Å². The van der Waals surface area contributed by atoms with Crippen LogP contribution in [0.4, 0.5) is 10.5 Å².